The van der Waals surface area contributed by atoms with Crippen LogP contribution in [-0.2, 0) is 4.74 Å². The SMILES string of the molecule is O=c1c(C2OC[C@@H](O)[C@H](O)[C@H]2O)c(-c2ccccc2)oc2ccccc12. The van der Waals surface area contributed by atoms with Crippen LogP contribution in [0.4, 0.5) is 0 Å². The molecule has 6 heteroatoms. The molecule has 1 aromatic heterocycles. The van der Waals surface area contributed by atoms with Crippen LogP contribution in [0.3, 0.4) is 0 Å². The summed E-state index contributed by atoms with van der Waals surface area (Å²) >= 11 is 0. The number of aliphatic hydroxyl groups excluding tert-OH is 3. The predicted octanol–water partition coefficient (Wildman–Crippen LogP) is 1.61. The molecule has 0 aliphatic carbocycles. The van der Waals surface area contributed by atoms with Gasteiger partial charge < -0.3 is 24.5 Å². The van der Waals surface area contributed by atoms with E-state index in [1.807, 2.05) is 18.2 Å². The van der Waals surface area contributed by atoms with Gasteiger partial charge in [-0.15, -0.1) is 0 Å². The van der Waals surface area contributed by atoms with Gasteiger partial charge in [-0.3, -0.25) is 4.79 Å². The highest BCUT2D eigenvalue weighted by Crippen LogP contribution is 2.35. The second-order valence-electron chi connectivity index (χ2n) is 6.34. The number of benzene rings is 2. The molecule has 26 heavy (non-hydrogen) atoms. The molecule has 3 aromatic rings. The smallest absolute Gasteiger partial charge is 0.199 e. The molecule has 1 aliphatic rings. The van der Waals surface area contributed by atoms with Crippen molar-refractivity contribution in [3.8, 4) is 11.3 Å². The lowest BCUT2D eigenvalue weighted by Gasteiger charge is -2.35. The summed E-state index contributed by atoms with van der Waals surface area (Å²) in [6.45, 7) is -0.191. The van der Waals surface area contributed by atoms with Gasteiger partial charge in [-0.1, -0.05) is 42.5 Å². The van der Waals surface area contributed by atoms with Crippen molar-refractivity contribution < 1.29 is 24.5 Å². The third-order valence-corrected chi connectivity index (χ3v) is 4.65. The van der Waals surface area contributed by atoms with E-state index in [1.165, 1.54) is 0 Å². The van der Waals surface area contributed by atoms with Crippen LogP contribution >= 0.6 is 0 Å². The number of rotatable bonds is 2. The van der Waals surface area contributed by atoms with Crippen LogP contribution < -0.4 is 5.43 Å². The maximum atomic E-state index is 13.2. The second-order valence-corrected chi connectivity index (χ2v) is 6.34. The highest BCUT2D eigenvalue weighted by atomic mass is 16.5. The van der Waals surface area contributed by atoms with Crippen LogP contribution in [0.2, 0.25) is 0 Å². The molecule has 4 rings (SSSR count). The van der Waals surface area contributed by atoms with Crippen LogP contribution in [0.25, 0.3) is 22.3 Å². The molecule has 0 amide bonds. The number of para-hydroxylation sites is 1. The van der Waals surface area contributed by atoms with Crippen LogP contribution in [-0.4, -0.2) is 40.2 Å². The van der Waals surface area contributed by atoms with E-state index >= 15 is 0 Å². The summed E-state index contributed by atoms with van der Waals surface area (Å²) in [7, 11) is 0. The predicted molar refractivity (Wildman–Crippen MR) is 94.6 cm³/mol. The molecule has 2 heterocycles. The summed E-state index contributed by atoms with van der Waals surface area (Å²) in [6, 6.07) is 15.9. The van der Waals surface area contributed by atoms with Crippen molar-refractivity contribution >= 4 is 11.0 Å². The van der Waals surface area contributed by atoms with E-state index in [-0.39, 0.29) is 23.4 Å². The molecule has 4 atom stereocenters. The largest absolute Gasteiger partial charge is 0.455 e. The Labute approximate surface area is 148 Å². The number of hydrogen-bond donors (Lipinski definition) is 3. The topological polar surface area (TPSA) is 100 Å². The molecule has 1 unspecified atom stereocenters. The summed E-state index contributed by atoms with van der Waals surface area (Å²) in [5, 5.41) is 30.5. The zero-order valence-corrected chi connectivity index (χ0v) is 13.8. The van der Waals surface area contributed by atoms with E-state index in [2.05, 4.69) is 0 Å². The van der Waals surface area contributed by atoms with Crippen molar-refractivity contribution in [3.63, 3.8) is 0 Å². The zero-order chi connectivity index (χ0) is 18.3. The van der Waals surface area contributed by atoms with Gasteiger partial charge in [0.1, 0.15) is 35.8 Å². The van der Waals surface area contributed by atoms with Gasteiger partial charge in [0.15, 0.2) is 5.43 Å². The van der Waals surface area contributed by atoms with Gasteiger partial charge in [0, 0.05) is 5.56 Å². The van der Waals surface area contributed by atoms with E-state index in [1.54, 1.807) is 36.4 Å². The molecule has 6 nitrogen and oxygen atoms in total. The van der Waals surface area contributed by atoms with E-state index in [4.69, 9.17) is 9.15 Å². The molecule has 3 N–H and O–H groups in total. The summed E-state index contributed by atoms with van der Waals surface area (Å²) < 4.78 is 11.5. The highest BCUT2D eigenvalue weighted by molar-refractivity contribution is 5.80. The van der Waals surface area contributed by atoms with E-state index in [9.17, 15) is 20.1 Å². The molecular formula is C20H18O6. The van der Waals surface area contributed by atoms with Crippen LogP contribution in [0.15, 0.2) is 63.8 Å². The molecule has 2 aromatic carbocycles. The molecular weight excluding hydrogens is 336 g/mol. The fourth-order valence-electron chi connectivity index (χ4n) is 3.28. The molecule has 1 aliphatic heterocycles. The second kappa shape index (κ2) is 6.66. The van der Waals surface area contributed by atoms with Crippen molar-refractivity contribution in [2.45, 2.75) is 24.4 Å². The number of fused-ring (bicyclic) bond motifs is 1. The zero-order valence-electron chi connectivity index (χ0n) is 13.8. The Kier molecular flexibility index (Phi) is 4.34. The molecule has 0 spiro atoms. The van der Waals surface area contributed by atoms with E-state index in [0.717, 1.165) is 0 Å². The van der Waals surface area contributed by atoms with Crippen molar-refractivity contribution in [2.24, 2.45) is 0 Å². The molecule has 0 bridgehead atoms. The van der Waals surface area contributed by atoms with Gasteiger partial charge in [-0.05, 0) is 12.1 Å². The van der Waals surface area contributed by atoms with Crippen molar-refractivity contribution in [1.82, 2.24) is 0 Å². The van der Waals surface area contributed by atoms with Crippen molar-refractivity contribution in [1.29, 1.82) is 0 Å². The fraction of sp³-hybridized carbons (Fsp3) is 0.250. The molecule has 134 valence electrons. The first-order valence-corrected chi connectivity index (χ1v) is 8.35. The number of ether oxygens (including phenoxy) is 1. The number of hydrogen-bond acceptors (Lipinski definition) is 6. The minimum Gasteiger partial charge on any atom is -0.455 e. The summed E-state index contributed by atoms with van der Waals surface area (Å²) in [4.78, 5) is 13.2. The molecule has 1 saturated heterocycles. The first-order chi connectivity index (χ1) is 12.6. The Hall–Kier alpha value is -2.51. The van der Waals surface area contributed by atoms with Crippen LogP contribution in [0.5, 0.6) is 0 Å². The minimum atomic E-state index is -1.45. The summed E-state index contributed by atoms with van der Waals surface area (Å²) in [6.07, 6.45) is -5.19. The van der Waals surface area contributed by atoms with Gasteiger partial charge in [0.25, 0.3) is 0 Å². The Morgan fingerprint density at radius 2 is 1.58 bits per heavy atom. The minimum absolute atomic E-state index is 0.133. The van der Waals surface area contributed by atoms with Crippen molar-refractivity contribution in [3.05, 3.63) is 70.4 Å². The number of aliphatic hydroxyl groups is 3. The average molecular weight is 354 g/mol. The molecule has 0 radical (unpaired) electrons. The molecule has 1 fully saturated rings. The third kappa shape index (κ3) is 2.73. The Bertz CT molecular complexity index is 981. The van der Waals surface area contributed by atoms with Gasteiger partial charge in [-0.25, -0.2) is 0 Å². The summed E-state index contributed by atoms with van der Waals surface area (Å²) in [5.74, 6) is 0.280. The third-order valence-electron chi connectivity index (χ3n) is 4.65. The highest BCUT2D eigenvalue weighted by Gasteiger charge is 2.41. The lowest BCUT2D eigenvalue weighted by atomic mass is 9.91. The van der Waals surface area contributed by atoms with Gasteiger partial charge >= 0.3 is 0 Å². The Morgan fingerprint density at radius 3 is 2.35 bits per heavy atom. The van der Waals surface area contributed by atoms with Gasteiger partial charge in [-0.2, -0.15) is 0 Å². The quantitative estimate of drug-likeness (QED) is 0.647. The fourth-order valence-corrected chi connectivity index (χ4v) is 3.28. The van der Waals surface area contributed by atoms with Crippen LogP contribution in [0.1, 0.15) is 11.7 Å². The van der Waals surface area contributed by atoms with E-state index < -0.39 is 24.4 Å². The van der Waals surface area contributed by atoms with E-state index in [0.29, 0.717) is 16.5 Å². The first kappa shape index (κ1) is 16.9. The summed E-state index contributed by atoms with van der Waals surface area (Å²) in [5.41, 5.74) is 0.874. The van der Waals surface area contributed by atoms with Crippen LogP contribution in [0, 0.1) is 0 Å². The Morgan fingerprint density at radius 1 is 0.885 bits per heavy atom. The normalized spacial score (nSPS) is 26.1. The van der Waals surface area contributed by atoms with Crippen molar-refractivity contribution in [2.75, 3.05) is 6.61 Å². The first-order valence-electron chi connectivity index (χ1n) is 8.35. The lowest BCUT2D eigenvalue weighted by molar-refractivity contribution is -0.189. The maximum Gasteiger partial charge on any atom is 0.199 e. The average Bonchev–Trinajstić information content (AvgIpc) is 2.68. The van der Waals surface area contributed by atoms with Gasteiger partial charge in [0.05, 0.1) is 17.6 Å². The molecule has 0 saturated carbocycles. The monoisotopic (exact) mass is 354 g/mol. The van der Waals surface area contributed by atoms with Gasteiger partial charge in [0.2, 0.25) is 0 Å². The maximum absolute atomic E-state index is 13.2. The lowest BCUT2D eigenvalue weighted by Crippen LogP contribution is -2.50. The standard InChI is InChI=1S/C20H18O6/c21-13-10-25-20(18(24)17(13)23)15-16(22)12-8-4-5-9-14(12)26-19(15)11-6-2-1-3-7-11/h1-9,13,17-18,20-21,23-24H,10H2/t13-,17+,18-,20?/m1/s1. The Balaban J connectivity index is 1.98.